The van der Waals surface area contributed by atoms with Gasteiger partial charge < -0.3 is 14.7 Å². The van der Waals surface area contributed by atoms with Crippen LogP contribution in [-0.2, 0) is 16.0 Å². The second kappa shape index (κ2) is 9.92. The molecule has 0 N–H and O–H groups in total. The summed E-state index contributed by atoms with van der Waals surface area (Å²) in [5.74, 6) is 0.206. The van der Waals surface area contributed by atoms with Gasteiger partial charge in [0.2, 0.25) is 11.8 Å². The molecule has 0 bridgehead atoms. The van der Waals surface area contributed by atoms with Crippen molar-refractivity contribution in [2.24, 2.45) is 0 Å². The molecule has 35 heavy (non-hydrogen) atoms. The molecule has 8 nitrogen and oxygen atoms in total. The number of carbonyl (C=O) groups excluding carboxylic acids is 2. The highest BCUT2D eigenvalue weighted by molar-refractivity contribution is 6.33. The Kier molecular flexibility index (Phi) is 6.55. The third kappa shape index (κ3) is 4.79. The molecule has 0 atom stereocenters. The molecule has 0 unspecified atom stereocenters. The van der Waals surface area contributed by atoms with Crippen molar-refractivity contribution < 1.29 is 9.59 Å². The zero-order valence-corrected chi connectivity index (χ0v) is 20.0. The van der Waals surface area contributed by atoms with Crippen molar-refractivity contribution in [3.8, 4) is 5.69 Å². The van der Waals surface area contributed by atoms with Gasteiger partial charge in [-0.1, -0.05) is 41.9 Å². The minimum atomic E-state index is -0.368. The molecule has 180 valence electrons. The highest BCUT2D eigenvalue weighted by Gasteiger charge is 2.25. The van der Waals surface area contributed by atoms with Crippen molar-refractivity contribution in [1.82, 2.24) is 14.7 Å². The minimum Gasteiger partial charge on any atom is -0.365 e. The second-order valence-electron chi connectivity index (χ2n) is 8.76. The van der Waals surface area contributed by atoms with E-state index >= 15 is 0 Å². The summed E-state index contributed by atoms with van der Waals surface area (Å²) in [5.41, 5.74) is 2.68. The average Bonchev–Trinajstić information content (AvgIpc) is 3.32. The Bertz CT molecular complexity index is 1280. The van der Waals surface area contributed by atoms with E-state index < -0.39 is 0 Å². The maximum Gasteiger partial charge on any atom is 0.292 e. The average molecular weight is 492 g/mol. The van der Waals surface area contributed by atoms with Crippen LogP contribution in [-0.4, -0.2) is 59.2 Å². The summed E-state index contributed by atoms with van der Waals surface area (Å²) in [6.45, 7) is 2.97. The van der Waals surface area contributed by atoms with Gasteiger partial charge in [-0.25, -0.2) is 0 Å². The van der Waals surface area contributed by atoms with Gasteiger partial charge in [0.15, 0.2) is 0 Å². The fourth-order valence-electron chi connectivity index (χ4n) is 4.60. The van der Waals surface area contributed by atoms with Crippen molar-refractivity contribution in [1.29, 1.82) is 0 Å². The van der Waals surface area contributed by atoms with Crippen molar-refractivity contribution >= 4 is 34.8 Å². The lowest BCUT2D eigenvalue weighted by molar-refractivity contribution is -0.130. The topological polar surface area (TPSA) is 78.8 Å². The molecule has 0 saturated carbocycles. The standard InChI is InChI=1S/C26H26ClN5O3/c27-25-22(18-28-32(26(25)35)21-5-2-1-3-6-21)29-13-15-30(16-14-29)24(34)17-19-8-10-20(11-9-19)31-12-4-7-23(31)33/h1-3,5-6,8-11,18H,4,7,12-17H2. The molecule has 2 aromatic carbocycles. The van der Waals surface area contributed by atoms with Crippen LogP contribution in [0.4, 0.5) is 11.4 Å². The van der Waals surface area contributed by atoms with Crippen LogP contribution in [0.2, 0.25) is 5.02 Å². The van der Waals surface area contributed by atoms with Gasteiger partial charge in [0, 0.05) is 44.8 Å². The van der Waals surface area contributed by atoms with Gasteiger partial charge in [-0.15, -0.1) is 0 Å². The van der Waals surface area contributed by atoms with Gasteiger partial charge >= 0.3 is 0 Å². The van der Waals surface area contributed by atoms with E-state index in [-0.39, 0.29) is 22.4 Å². The number of rotatable bonds is 5. The number of nitrogens with zero attached hydrogens (tertiary/aromatic N) is 5. The quantitative estimate of drug-likeness (QED) is 0.548. The lowest BCUT2D eigenvalue weighted by Gasteiger charge is -2.36. The first-order chi connectivity index (χ1) is 17.0. The summed E-state index contributed by atoms with van der Waals surface area (Å²) in [7, 11) is 0. The number of para-hydroxylation sites is 1. The van der Waals surface area contributed by atoms with Gasteiger partial charge in [-0.05, 0) is 36.2 Å². The molecule has 2 amide bonds. The van der Waals surface area contributed by atoms with E-state index in [4.69, 9.17) is 11.6 Å². The van der Waals surface area contributed by atoms with Crippen molar-refractivity contribution in [3.63, 3.8) is 0 Å². The molecule has 3 heterocycles. The molecular formula is C26H26ClN5O3. The molecule has 0 radical (unpaired) electrons. The predicted molar refractivity (Wildman–Crippen MR) is 135 cm³/mol. The van der Waals surface area contributed by atoms with Gasteiger partial charge in [0.1, 0.15) is 5.02 Å². The molecular weight excluding hydrogens is 466 g/mol. The number of carbonyl (C=O) groups is 2. The van der Waals surface area contributed by atoms with Crippen LogP contribution in [0.25, 0.3) is 5.69 Å². The zero-order valence-electron chi connectivity index (χ0n) is 19.3. The number of aromatic nitrogens is 2. The predicted octanol–water partition coefficient (Wildman–Crippen LogP) is 2.90. The molecule has 5 rings (SSSR count). The molecule has 0 spiro atoms. The Labute approximate surface area is 208 Å². The number of anilines is 2. The summed E-state index contributed by atoms with van der Waals surface area (Å²) < 4.78 is 1.29. The molecule has 1 aromatic heterocycles. The van der Waals surface area contributed by atoms with Crippen molar-refractivity contribution in [2.75, 3.05) is 42.5 Å². The van der Waals surface area contributed by atoms with Crippen LogP contribution >= 0.6 is 11.6 Å². The largest absolute Gasteiger partial charge is 0.365 e. The van der Waals surface area contributed by atoms with E-state index in [0.717, 1.165) is 24.2 Å². The first kappa shape index (κ1) is 23.1. The molecule has 9 heteroatoms. The molecule has 2 aliphatic heterocycles. The van der Waals surface area contributed by atoms with Crippen LogP contribution in [0.3, 0.4) is 0 Å². The number of piperazine rings is 1. The number of hydrogen-bond donors (Lipinski definition) is 0. The third-order valence-corrected chi connectivity index (χ3v) is 6.91. The molecule has 0 aliphatic carbocycles. The van der Waals surface area contributed by atoms with E-state index in [0.29, 0.717) is 50.4 Å². The second-order valence-corrected chi connectivity index (χ2v) is 9.13. The Morgan fingerprint density at radius 3 is 2.26 bits per heavy atom. The van der Waals surface area contributed by atoms with Crippen molar-refractivity contribution in [2.45, 2.75) is 19.3 Å². The number of amides is 2. The summed E-state index contributed by atoms with van der Waals surface area (Å²) in [4.78, 5) is 43.2. The van der Waals surface area contributed by atoms with Crippen LogP contribution in [0.1, 0.15) is 18.4 Å². The SMILES string of the molecule is O=C(Cc1ccc(N2CCCC2=O)cc1)N1CCN(c2cnn(-c3ccccc3)c(=O)c2Cl)CC1. The molecule has 2 fully saturated rings. The summed E-state index contributed by atoms with van der Waals surface area (Å²) in [6, 6.07) is 16.8. The minimum absolute atomic E-state index is 0.0540. The lowest BCUT2D eigenvalue weighted by atomic mass is 10.1. The smallest absolute Gasteiger partial charge is 0.292 e. The Morgan fingerprint density at radius 2 is 1.60 bits per heavy atom. The highest BCUT2D eigenvalue weighted by Crippen LogP contribution is 2.24. The van der Waals surface area contributed by atoms with E-state index in [2.05, 4.69) is 5.10 Å². The summed E-state index contributed by atoms with van der Waals surface area (Å²) >= 11 is 6.44. The molecule has 2 saturated heterocycles. The van der Waals surface area contributed by atoms with Gasteiger partial charge in [-0.2, -0.15) is 9.78 Å². The maximum atomic E-state index is 12.9. The summed E-state index contributed by atoms with van der Waals surface area (Å²) in [6.07, 6.45) is 3.41. The fourth-order valence-corrected chi connectivity index (χ4v) is 4.84. The number of halogens is 1. The molecule has 3 aromatic rings. The Morgan fingerprint density at radius 1 is 0.886 bits per heavy atom. The maximum absolute atomic E-state index is 12.9. The van der Waals surface area contributed by atoms with Gasteiger partial charge in [0.25, 0.3) is 5.56 Å². The van der Waals surface area contributed by atoms with E-state index in [1.807, 2.05) is 52.3 Å². The van der Waals surface area contributed by atoms with E-state index in [1.54, 1.807) is 23.2 Å². The molecule has 2 aliphatic rings. The Balaban J connectivity index is 1.20. The Hall–Kier alpha value is -3.65. The normalized spacial score (nSPS) is 16.1. The van der Waals surface area contributed by atoms with Gasteiger partial charge in [0.05, 0.1) is 24.0 Å². The first-order valence-electron chi connectivity index (χ1n) is 11.8. The monoisotopic (exact) mass is 491 g/mol. The van der Waals surface area contributed by atoms with Crippen LogP contribution in [0.5, 0.6) is 0 Å². The van der Waals surface area contributed by atoms with Crippen LogP contribution in [0.15, 0.2) is 65.6 Å². The van der Waals surface area contributed by atoms with Crippen LogP contribution in [0, 0.1) is 0 Å². The number of benzene rings is 2. The fraction of sp³-hybridized carbons (Fsp3) is 0.308. The van der Waals surface area contributed by atoms with Gasteiger partial charge in [-0.3, -0.25) is 14.4 Å². The van der Waals surface area contributed by atoms with E-state index in [9.17, 15) is 14.4 Å². The zero-order chi connectivity index (χ0) is 24.4. The first-order valence-corrected chi connectivity index (χ1v) is 12.1. The van der Waals surface area contributed by atoms with E-state index in [1.165, 1.54) is 4.68 Å². The van der Waals surface area contributed by atoms with Crippen LogP contribution < -0.4 is 15.4 Å². The summed E-state index contributed by atoms with van der Waals surface area (Å²) in [5, 5.41) is 4.43. The highest BCUT2D eigenvalue weighted by atomic mass is 35.5. The number of hydrogen-bond acceptors (Lipinski definition) is 5. The lowest BCUT2D eigenvalue weighted by Crippen LogP contribution is -2.49. The third-order valence-electron chi connectivity index (χ3n) is 6.55. The van der Waals surface area contributed by atoms with Crippen molar-refractivity contribution in [3.05, 3.63) is 81.7 Å².